The zero-order chi connectivity index (χ0) is 26.0. The molecule has 1 unspecified atom stereocenters. The maximum absolute atomic E-state index is 13.7. The number of amides is 2. The molecule has 0 saturated carbocycles. The Morgan fingerprint density at radius 2 is 2.00 bits per heavy atom. The summed E-state index contributed by atoms with van der Waals surface area (Å²) in [7, 11) is 0. The molecule has 10 heteroatoms. The number of alkyl halides is 2. The van der Waals surface area contributed by atoms with E-state index >= 15 is 0 Å². The lowest BCUT2D eigenvalue weighted by atomic mass is 10.0. The molecule has 3 heterocycles. The van der Waals surface area contributed by atoms with Gasteiger partial charge in [-0.1, -0.05) is 24.3 Å². The first kappa shape index (κ1) is 24.2. The van der Waals surface area contributed by atoms with Gasteiger partial charge in [0.25, 0.3) is 11.8 Å². The van der Waals surface area contributed by atoms with Crippen LogP contribution in [-0.4, -0.2) is 59.9 Å². The second-order valence-electron chi connectivity index (χ2n) is 8.91. The van der Waals surface area contributed by atoms with Crippen LogP contribution in [0.2, 0.25) is 0 Å². The van der Waals surface area contributed by atoms with Crippen molar-refractivity contribution < 1.29 is 23.1 Å². The van der Waals surface area contributed by atoms with Crippen molar-refractivity contribution in [1.29, 1.82) is 5.26 Å². The van der Waals surface area contributed by atoms with E-state index in [-0.39, 0.29) is 0 Å². The van der Waals surface area contributed by atoms with Crippen LogP contribution in [0, 0.1) is 11.3 Å². The van der Waals surface area contributed by atoms with Gasteiger partial charge in [-0.2, -0.15) is 5.26 Å². The Morgan fingerprint density at radius 1 is 1.22 bits per heavy atom. The fourth-order valence-electron chi connectivity index (χ4n) is 4.46. The lowest BCUT2D eigenvalue weighted by molar-refractivity contribution is -0.131. The van der Waals surface area contributed by atoms with E-state index in [0.29, 0.717) is 23.1 Å². The van der Waals surface area contributed by atoms with Gasteiger partial charge in [0.2, 0.25) is 5.91 Å². The topological polar surface area (TPSA) is 107 Å². The minimum atomic E-state index is -3.12. The summed E-state index contributed by atoms with van der Waals surface area (Å²) in [5.41, 5.74) is 3.63. The van der Waals surface area contributed by atoms with E-state index in [1.54, 1.807) is 12.1 Å². The Hall–Kier alpha value is -4.52. The highest BCUT2D eigenvalue weighted by Crippen LogP contribution is 2.32. The van der Waals surface area contributed by atoms with Gasteiger partial charge in [-0.3, -0.25) is 14.6 Å². The molecule has 0 radical (unpaired) electrons. The highest BCUT2D eigenvalue weighted by atomic mass is 19.3. The molecule has 2 aliphatic heterocycles. The van der Waals surface area contributed by atoms with Crippen molar-refractivity contribution in [3.8, 4) is 11.8 Å². The summed E-state index contributed by atoms with van der Waals surface area (Å²) in [6.45, 7) is 0.0517. The van der Waals surface area contributed by atoms with Crippen LogP contribution in [0.1, 0.15) is 27.9 Å². The van der Waals surface area contributed by atoms with Gasteiger partial charge in [0, 0.05) is 24.5 Å². The molecule has 1 fully saturated rings. The molecule has 1 saturated heterocycles. The molecule has 1 aromatic heterocycles. The number of carbonyl (C=O) groups excluding carboxylic acids is 2. The van der Waals surface area contributed by atoms with Gasteiger partial charge >= 0.3 is 0 Å². The predicted octanol–water partition coefficient (Wildman–Crippen LogP) is 3.70. The second kappa shape index (κ2) is 9.85. The van der Waals surface area contributed by atoms with Gasteiger partial charge in [0.15, 0.2) is 0 Å². The molecular weight excluding hydrogens is 480 g/mol. The first-order chi connectivity index (χ1) is 17.8. The van der Waals surface area contributed by atoms with Gasteiger partial charge < -0.3 is 20.3 Å². The normalized spacial score (nSPS) is 18.1. The average Bonchev–Trinajstić information content (AvgIpc) is 3.24. The number of fused-ring (bicyclic) bond motifs is 2. The lowest BCUT2D eigenvalue weighted by Crippen LogP contribution is -2.43. The van der Waals surface area contributed by atoms with E-state index in [2.05, 4.69) is 15.6 Å². The molecule has 5 rings (SSSR count). The molecule has 0 bridgehead atoms. The minimum Gasteiger partial charge on any atom is -0.490 e. The van der Waals surface area contributed by atoms with Gasteiger partial charge in [-0.05, 0) is 41.5 Å². The molecule has 2 aliphatic rings. The molecule has 2 N–H and O–H groups in total. The molecule has 2 amide bonds. The summed E-state index contributed by atoms with van der Waals surface area (Å²) < 4.78 is 33.0. The van der Waals surface area contributed by atoms with Gasteiger partial charge in [0.05, 0.1) is 35.9 Å². The molecule has 1 atom stereocenters. The smallest absolute Gasteiger partial charge is 0.268 e. The fraction of sp³-hybridized carbons (Fsp3) is 0.259. The number of nitriles is 1. The van der Waals surface area contributed by atoms with Crippen molar-refractivity contribution in [2.24, 2.45) is 0 Å². The number of carbonyl (C=O) groups is 2. The van der Waals surface area contributed by atoms with Gasteiger partial charge in [0.1, 0.15) is 18.4 Å². The van der Waals surface area contributed by atoms with E-state index < -0.39 is 43.3 Å². The van der Waals surface area contributed by atoms with Gasteiger partial charge in [-0.15, -0.1) is 0 Å². The number of hydrogen-bond donors (Lipinski definition) is 2. The highest BCUT2D eigenvalue weighted by molar-refractivity contribution is 6.07. The van der Waals surface area contributed by atoms with E-state index in [1.807, 2.05) is 42.5 Å². The third-order valence-corrected chi connectivity index (χ3v) is 6.30. The molecule has 2 aromatic carbocycles. The number of halogens is 2. The zero-order valence-electron chi connectivity index (χ0n) is 19.7. The molecule has 37 heavy (non-hydrogen) atoms. The molecule has 3 aromatic rings. The first-order valence-corrected chi connectivity index (χ1v) is 11.8. The standard InChI is InChI=1S/C27H23F2N5O3/c28-27(29)13-19(14-30)34(16-27)25(35)15-33-26(36)20-7-8-31-22-5-3-17(11-21(20)22)1-2-18-4-6-23-24(12-18)37-10-9-32-23/h1-8,11-12,19,32H,9-10,13,15-16H2,(H,33,36)/b2-1+. The summed E-state index contributed by atoms with van der Waals surface area (Å²) in [4.78, 5) is 30.5. The maximum atomic E-state index is 13.7. The number of benzene rings is 2. The molecular formula is C27H23F2N5O3. The predicted molar refractivity (Wildman–Crippen MR) is 134 cm³/mol. The molecule has 188 valence electrons. The Labute approximate surface area is 211 Å². The Kier molecular flexibility index (Phi) is 6.44. The third-order valence-electron chi connectivity index (χ3n) is 6.30. The minimum absolute atomic E-state index is 0.296. The van der Waals surface area contributed by atoms with Crippen LogP contribution in [0.5, 0.6) is 5.75 Å². The number of aromatic nitrogens is 1. The average molecular weight is 504 g/mol. The van der Waals surface area contributed by atoms with Crippen LogP contribution in [0.25, 0.3) is 23.1 Å². The molecule has 0 aliphatic carbocycles. The molecule has 0 spiro atoms. The monoisotopic (exact) mass is 503 g/mol. The Bertz CT molecular complexity index is 1450. The number of nitrogens with one attached hydrogen (secondary N) is 2. The number of anilines is 1. The van der Waals surface area contributed by atoms with Crippen molar-refractivity contribution in [3.05, 3.63) is 65.4 Å². The van der Waals surface area contributed by atoms with Crippen molar-refractivity contribution >= 4 is 40.6 Å². The Balaban J connectivity index is 1.31. The summed E-state index contributed by atoms with van der Waals surface area (Å²) in [6.07, 6.45) is 4.63. The van der Waals surface area contributed by atoms with Crippen LogP contribution in [0.4, 0.5) is 14.5 Å². The lowest BCUT2D eigenvalue weighted by Gasteiger charge is -2.19. The summed E-state index contributed by atoms with van der Waals surface area (Å²) >= 11 is 0. The van der Waals surface area contributed by atoms with Crippen molar-refractivity contribution in [2.45, 2.75) is 18.4 Å². The van der Waals surface area contributed by atoms with Crippen molar-refractivity contribution in [2.75, 3.05) is 31.6 Å². The van der Waals surface area contributed by atoms with E-state index in [9.17, 15) is 18.4 Å². The first-order valence-electron chi connectivity index (χ1n) is 11.8. The summed E-state index contributed by atoms with van der Waals surface area (Å²) in [5.74, 6) is -3.60. The van der Waals surface area contributed by atoms with E-state index in [1.165, 1.54) is 12.3 Å². The number of ether oxygens (including phenoxy) is 1. The highest BCUT2D eigenvalue weighted by Gasteiger charge is 2.47. The number of rotatable bonds is 5. The largest absolute Gasteiger partial charge is 0.490 e. The van der Waals surface area contributed by atoms with Crippen LogP contribution in [0.15, 0.2) is 48.7 Å². The maximum Gasteiger partial charge on any atom is 0.268 e. The van der Waals surface area contributed by atoms with Crippen molar-refractivity contribution in [1.82, 2.24) is 15.2 Å². The fourth-order valence-corrected chi connectivity index (χ4v) is 4.46. The zero-order valence-corrected chi connectivity index (χ0v) is 19.7. The SMILES string of the molecule is N#CC1CC(F)(F)CN1C(=O)CNC(=O)c1ccnc2ccc(/C=C/c3ccc4c(c3)OCCN4)cc12. The number of pyridine rings is 1. The summed E-state index contributed by atoms with van der Waals surface area (Å²) in [6, 6.07) is 13.4. The molecule has 8 nitrogen and oxygen atoms in total. The summed E-state index contributed by atoms with van der Waals surface area (Å²) in [5, 5.41) is 15.5. The van der Waals surface area contributed by atoms with E-state index in [0.717, 1.165) is 34.0 Å². The quantitative estimate of drug-likeness (QED) is 0.515. The third kappa shape index (κ3) is 5.21. The van der Waals surface area contributed by atoms with Crippen LogP contribution in [0.3, 0.4) is 0 Å². The van der Waals surface area contributed by atoms with E-state index in [4.69, 9.17) is 10.00 Å². The second-order valence-corrected chi connectivity index (χ2v) is 8.91. The van der Waals surface area contributed by atoms with Gasteiger partial charge in [-0.25, -0.2) is 8.78 Å². The van der Waals surface area contributed by atoms with Crippen LogP contribution >= 0.6 is 0 Å². The Morgan fingerprint density at radius 3 is 2.81 bits per heavy atom. The van der Waals surface area contributed by atoms with Crippen LogP contribution in [-0.2, 0) is 4.79 Å². The number of likely N-dealkylation sites (tertiary alicyclic amines) is 1. The number of hydrogen-bond acceptors (Lipinski definition) is 6. The van der Waals surface area contributed by atoms with Crippen LogP contribution < -0.4 is 15.4 Å². The van der Waals surface area contributed by atoms with Crippen molar-refractivity contribution in [3.63, 3.8) is 0 Å². The number of nitrogens with zero attached hydrogens (tertiary/aromatic N) is 3.